The van der Waals surface area contributed by atoms with Gasteiger partial charge in [-0.1, -0.05) is 17.8 Å². The number of nitrogens with one attached hydrogen (secondary N) is 1. The van der Waals surface area contributed by atoms with Crippen LogP contribution in [0.3, 0.4) is 0 Å². The van der Waals surface area contributed by atoms with E-state index in [2.05, 4.69) is 33.3 Å². The van der Waals surface area contributed by atoms with Gasteiger partial charge in [0.25, 0.3) is 5.91 Å². The molecule has 1 amide bonds. The molecule has 0 bridgehead atoms. The predicted molar refractivity (Wildman–Crippen MR) is 91.1 cm³/mol. The van der Waals surface area contributed by atoms with E-state index in [1.165, 1.54) is 0 Å². The van der Waals surface area contributed by atoms with Crippen LogP contribution in [0.1, 0.15) is 46.0 Å². The molecule has 5 nitrogen and oxygen atoms in total. The molecule has 3 heterocycles. The molecule has 0 aliphatic carbocycles. The Morgan fingerprint density at radius 2 is 2.35 bits per heavy atom. The summed E-state index contributed by atoms with van der Waals surface area (Å²) in [5.74, 6) is 0.742. The van der Waals surface area contributed by atoms with Crippen molar-refractivity contribution >= 4 is 28.8 Å². The van der Waals surface area contributed by atoms with E-state index in [-0.39, 0.29) is 11.8 Å². The van der Waals surface area contributed by atoms with Crippen molar-refractivity contribution in [2.45, 2.75) is 25.7 Å². The second kappa shape index (κ2) is 7.52. The number of rotatable bonds is 7. The van der Waals surface area contributed by atoms with E-state index in [9.17, 15) is 4.79 Å². The van der Waals surface area contributed by atoms with E-state index < -0.39 is 0 Å². The first-order chi connectivity index (χ1) is 11.3. The Kier molecular flexibility index (Phi) is 5.19. The standard InChI is InChI=1S/C16H17N3O2S2/c1-2-4-13-15(23-19-18-13)16(20)17-9-12(11-6-8-22-10-11)14-5-3-7-21-14/h3,5-8,10,12H,2,4,9H2,1H3,(H,17,20). The molecule has 3 aromatic rings. The SMILES string of the molecule is CCCc1nnsc1C(=O)NCC(c1ccsc1)c1ccco1. The minimum Gasteiger partial charge on any atom is -0.469 e. The van der Waals surface area contributed by atoms with Crippen LogP contribution in [0.4, 0.5) is 0 Å². The number of furan rings is 1. The van der Waals surface area contributed by atoms with Gasteiger partial charge in [-0.2, -0.15) is 11.3 Å². The summed E-state index contributed by atoms with van der Waals surface area (Å²) in [7, 11) is 0. The largest absolute Gasteiger partial charge is 0.469 e. The summed E-state index contributed by atoms with van der Waals surface area (Å²) in [6.07, 6.45) is 3.37. The highest BCUT2D eigenvalue weighted by Crippen LogP contribution is 2.26. The molecule has 0 aliphatic rings. The molecule has 7 heteroatoms. The topological polar surface area (TPSA) is 68.0 Å². The first kappa shape index (κ1) is 15.9. The lowest BCUT2D eigenvalue weighted by Gasteiger charge is -2.14. The van der Waals surface area contributed by atoms with Gasteiger partial charge < -0.3 is 9.73 Å². The average Bonchev–Trinajstić information content (AvgIpc) is 3.30. The van der Waals surface area contributed by atoms with Crippen LogP contribution in [0, 0.1) is 0 Å². The zero-order valence-electron chi connectivity index (χ0n) is 12.7. The lowest BCUT2D eigenvalue weighted by molar-refractivity contribution is 0.0954. The van der Waals surface area contributed by atoms with Crippen molar-refractivity contribution in [2.24, 2.45) is 0 Å². The van der Waals surface area contributed by atoms with Crippen molar-refractivity contribution in [1.82, 2.24) is 14.9 Å². The summed E-state index contributed by atoms with van der Waals surface area (Å²) in [4.78, 5) is 13.0. The quantitative estimate of drug-likeness (QED) is 0.707. The highest BCUT2D eigenvalue weighted by molar-refractivity contribution is 7.08. The van der Waals surface area contributed by atoms with Crippen LogP contribution in [0.5, 0.6) is 0 Å². The smallest absolute Gasteiger partial charge is 0.264 e. The van der Waals surface area contributed by atoms with Crippen molar-refractivity contribution < 1.29 is 9.21 Å². The van der Waals surface area contributed by atoms with Crippen LogP contribution in [-0.4, -0.2) is 22.0 Å². The Morgan fingerprint density at radius 3 is 3.04 bits per heavy atom. The molecule has 1 unspecified atom stereocenters. The van der Waals surface area contributed by atoms with Crippen LogP contribution in [0.25, 0.3) is 0 Å². The first-order valence-electron chi connectivity index (χ1n) is 7.44. The van der Waals surface area contributed by atoms with Gasteiger partial charge in [0.05, 0.1) is 17.9 Å². The van der Waals surface area contributed by atoms with Crippen molar-refractivity contribution in [3.05, 3.63) is 57.1 Å². The maximum atomic E-state index is 12.4. The molecule has 3 rings (SSSR count). The number of hydrogen-bond donors (Lipinski definition) is 1. The molecule has 23 heavy (non-hydrogen) atoms. The Bertz CT molecular complexity index is 701. The van der Waals surface area contributed by atoms with Gasteiger partial charge in [0, 0.05) is 6.54 Å². The van der Waals surface area contributed by atoms with Crippen LogP contribution in [0.2, 0.25) is 0 Å². The van der Waals surface area contributed by atoms with Crippen molar-refractivity contribution in [1.29, 1.82) is 0 Å². The second-order valence-electron chi connectivity index (χ2n) is 5.13. The van der Waals surface area contributed by atoms with E-state index >= 15 is 0 Å². The van der Waals surface area contributed by atoms with E-state index in [0.717, 1.165) is 41.4 Å². The normalized spacial score (nSPS) is 12.2. The highest BCUT2D eigenvalue weighted by atomic mass is 32.1. The predicted octanol–water partition coefficient (Wildman–Crippen LogP) is 3.71. The van der Waals surface area contributed by atoms with Gasteiger partial charge >= 0.3 is 0 Å². The summed E-state index contributed by atoms with van der Waals surface area (Å²) in [6, 6.07) is 5.86. The Balaban J connectivity index is 1.72. The molecule has 0 saturated carbocycles. The van der Waals surface area contributed by atoms with Crippen molar-refractivity contribution in [3.63, 3.8) is 0 Å². The summed E-state index contributed by atoms with van der Waals surface area (Å²) >= 11 is 2.78. The molecule has 0 aliphatic heterocycles. The lowest BCUT2D eigenvalue weighted by atomic mass is 9.99. The number of thiophene rings is 1. The molecule has 0 fully saturated rings. The lowest BCUT2D eigenvalue weighted by Crippen LogP contribution is -2.28. The van der Waals surface area contributed by atoms with E-state index in [4.69, 9.17) is 4.42 Å². The summed E-state index contributed by atoms with van der Waals surface area (Å²) in [5.41, 5.74) is 1.92. The number of hydrogen-bond acceptors (Lipinski definition) is 6. The summed E-state index contributed by atoms with van der Waals surface area (Å²) in [6.45, 7) is 2.54. The Labute approximate surface area is 142 Å². The van der Waals surface area contributed by atoms with Crippen LogP contribution >= 0.6 is 22.9 Å². The Morgan fingerprint density at radius 1 is 1.43 bits per heavy atom. The number of carbonyl (C=O) groups is 1. The molecule has 0 spiro atoms. The van der Waals surface area contributed by atoms with Gasteiger partial charge in [-0.3, -0.25) is 4.79 Å². The minimum atomic E-state index is -0.116. The fourth-order valence-electron chi connectivity index (χ4n) is 2.40. The van der Waals surface area contributed by atoms with E-state index in [0.29, 0.717) is 11.4 Å². The molecule has 1 N–H and O–H groups in total. The highest BCUT2D eigenvalue weighted by Gasteiger charge is 2.21. The van der Waals surface area contributed by atoms with Crippen LogP contribution < -0.4 is 5.32 Å². The van der Waals surface area contributed by atoms with Gasteiger partial charge in [-0.25, -0.2) is 0 Å². The first-order valence-corrected chi connectivity index (χ1v) is 9.16. The fourth-order valence-corrected chi connectivity index (χ4v) is 3.74. The minimum absolute atomic E-state index is 0.00991. The van der Waals surface area contributed by atoms with Gasteiger partial charge in [0.2, 0.25) is 0 Å². The van der Waals surface area contributed by atoms with Gasteiger partial charge in [0.1, 0.15) is 10.6 Å². The van der Waals surface area contributed by atoms with Crippen molar-refractivity contribution in [2.75, 3.05) is 6.54 Å². The third-order valence-electron chi connectivity index (χ3n) is 3.55. The van der Waals surface area contributed by atoms with Crippen LogP contribution in [-0.2, 0) is 6.42 Å². The van der Waals surface area contributed by atoms with Gasteiger partial charge in [-0.15, -0.1) is 5.10 Å². The number of aromatic nitrogens is 2. The monoisotopic (exact) mass is 347 g/mol. The van der Waals surface area contributed by atoms with Gasteiger partial charge in [0.15, 0.2) is 0 Å². The Hall–Kier alpha value is -1.99. The van der Waals surface area contributed by atoms with Gasteiger partial charge in [-0.05, 0) is 52.5 Å². The molecule has 0 aromatic carbocycles. The number of nitrogens with zero attached hydrogens (tertiary/aromatic N) is 2. The molecular formula is C16H17N3O2S2. The maximum absolute atomic E-state index is 12.4. The maximum Gasteiger partial charge on any atom is 0.264 e. The summed E-state index contributed by atoms with van der Waals surface area (Å²) in [5, 5.41) is 11.1. The third kappa shape index (κ3) is 3.68. The number of amides is 1. The molecular weight excluding hydrogens is 330 g/mol. The zero-order chi connectivity index (χ0) is 16.1. The molecule has 0 saturated heterocycles. The zero-order valence-corrected chi connectivity index (χ0v) is 14.3. The molecule has 1 atom stereocenters. The summed E-state index contributed by atoms with van der Waals surface area (Å²) < 4.78 is 9.44. The third-order valence-corrected chi connectivity index (χ3v) is 5.02. The van der Waals surface area contributed by atoms with Crippen molar-refractivity contribution in [3.8, 4) is 0 Å². The van der Waals surface area contributed by atoms with Crippen LogP contribution in [0.15, 0.2) is 39.6 Å². The molecule has 3 aromatic heterocycles. The molecule has 120 valence electrons. The average molecular weight is 347 g/mol. The van der Waals surface area contributed by atoms with E-state index in [1.54, 1.807) is 17.6 Å². The fraction of sp³-hybridized carbons (Fsp3) is 0.312. The molecule has 0 radical (unpaired) electrons. The van der Waals surface area contributed by atoms with E-state index in [1.807, 2.05) is 17.5 Å². The second-order valence-corrected chi connectivity index (χ2v) is 6.67. The number of aryl methyl sites for hydroxylation is 1. The number of carbonyl (C=O) groups excluding carboxylic acids is 1.